The fourth-order valence-corrected chi connectivity index (χ4v) is 1.16. The second-order valence-corrected chi connectivity index (χ2v) is 3.00. The van der Waals surface area contributed by atoms with Crippen molar-refractivity contribution in [1.82, 2.24) is 0 Å². The van der Waals surface area contributed by atoms with Crippen molar-refractivity contribution in [3.8, 4) is 0 Å². The Kier molecular flexibility index (Phi) is 1.99. The van der Waals surface area contributed by atoms with Crippen molar-refractivity contribution in [2.45, 2.75) is 11.9 Å². The molecule has 0 aromatic rings. The van der Waals surface area contributed by atoms with Gasteiger partial charge in [-0.1, -0.05) is 0 Å². The van der Waals surface area contributed by atoms with Gasteiger partial charge in [-0.15, -0.1) is 0 Å². The molecule has 0 aromatic carbocycles. The molecule has 0 fully saturated rings. The maximum Gasteiger partial charge on any atom is 0.279 e. The van der Waals surface area contributed by atoms with Crippen LogP contribution in [-0.4, -0.2) is 9.71 Å². The SMILES string of the molecule is CC1=CC(Br)[N+](=O)C=C1F. The molecule has 0 bridgehead atoms. The molecule has 1 rings (SSSR count). The highest BCUT2D eigenvalue weighted by Crippen LogP contribution is 2.20. The molecular formula is C6H6BrFNO+. The van der Waals surface area contributed by atoms with Crippen LogP contribution in [0.3, 0.4) is 0 Å². The van der Waals surface area contributed by atoms with E-state index in [-0.39, 0.29) is 0 Å². The number of allylic oxidation sites excluding steroid dienone is 2. The van der Waals surface area contributed by atoms with E-state index in [9.17, 15) is 9.30 Å². The Balaban J connectivity index is 2.94. The van der Waals surface area contributed by atoms with Gasteiger partial charge < -0.3 is 0 Å². The van der Waals surface area contributed by atoms with Crippen LogP contribution in [0.1, 0.15) is 6.92 Å². The molecule has 0 saturated carbocycles. The average Bonchev–Trinajstić information content (AvgIpc) is 1.84. The minimum atomic E-state index is -0.467. The Labute approximate surface area is 66.1 Å². The molecule has 1 aliphatic heterocycles. The number of halogens is 2. The third-order valence-electron chi connectivity index (χ3n) is 1.25. The molecule has 0 saturated heterocycles. The summed E-state index contributed by atoms with van der Waals surface area (Å²) in [5, 5.41) is 0. The van der Waals surface area contributed by atoms with E-state index in [0.717, 1.165) is 6.20 Å². The summed E-state index contributed by atoms with van der Waals surface area (Å²) >= 11 is 3.05. The molecule has 1 heterocycles. The molecule has 0 aliphatic carbocycles. The van der Waals surface area contributed by atoms with E-state index in [1.54, 1.807) is 6.92 Å². The summed E-state index contributed by atoms with van der Waals surface area (Å²) in [7, 11) is 0. The quantitative estimate of drug-likeness (QED) is 0.339. The number of nitrogens with zero attached hydrogens (tertiary/aromatic N) is 1. The highest BCUT2D eigenvalue weighted by molar-refractivity contribution is 9.09. The van der Waals surface area contributed by atoms with Gasteiger partial charge in [0, 0.05) is 26.9 Å². The predicted octanol–water partition coefficient (Wildman–Crippen LogP) is 2.26. The van der Waals surface area contributed by atoms with Crippen molar-refractivity contribution in [3.05, 3.63) is 28.6 Å². The van der Waals surface area contributed by atoms with Gasteiger partial charge in [0.25, 0.3) is 11.2 Å². The Bertz CT molecular complexity index is 234. The van der Waals surface area contributed by atoms with Gasteiger partial charge in [0.1, 0.15) is 0 Å². The number of hydrogen-bond acceptors (Lipinski definition) is 1. The van der Waals surface area contributed by atoms with Crippen LogP contribution >= 0.6 is 15.9 Å². The zero-order valence-electron chi connectivity index (χ0n) is 5.34. The van der Waals surface area contributed by atoms with E-state index in [1.165, 1.54) is 6.08 Å². The van der Waals surface area contributed by atoms with Gasteiger partial charge in [-0.25, -0.2) is 0 Å². The summed E-state index contributed by atoms with van der Waals surface area (Å²) in [5.41, 5.74) is 0.494. The van der Waals surface area contributed by atoms with Gasteiger partial charge in [-0.3, -0.25) is 0 Å². The van der Waals surface area contributed by atoms with Crippen molar-refractivity contribution < 1.29 is 9.15 Å². The second-order valence-electron chi connectivity index (χ2n) is 2.06. The highest BCUT2D eigenvalue weighted by Gasteiger charge is 2.24. The minimum absolute atomic E-state index is 0.424. The molecule has 0 N–H and O–H groups in total. The van der Waals surface area contributed by atoms with Crippen molar-refractivity contribution >= 4 is 15.9 Å². The average molecular weight is 207 g/mol. The van der Waals surface area contributed by atoms with E-state index in [1.807, 2.05) is 0 Å². The zero-order chi connectivity index (χ0) is 7.72. The highest BCUT2D eigenvalue weighted by atomic mass is 79.9. The van der Waals surface area contributed by atoms with Crippen molar-refractivity contribution in [2.24, 2.45) is 0 Å². The second kappa shape index (κ2) is 2.62. The van der Waals surface area contributed by atoms with Crippen LogP contribution in [0, 0.1) is 4.91 Å². The lowest BCUT2D eigenvalue weighted by Gasteiger charge is -2.01. The van der Waals surface area contributed by atoms with Crippen molar-refractivity contribution in [1.29, 1.82) is 0 Å². The predicted molar refractivity (Wildman–Crippen MR) is 39.3 cm³/mol. The first-order chi connectivity index (χ1) is 4.61. The van der Waals surface area contributed by atoms with E-state index in [2.05, 4.69) is 15.9 Å². The first-order valence-electron chi connectivity index (χ1n) is 2.77. The van der Waals surface area contributed by atoms with Crippen LogP contribution in [0.15, 0.2) is 23.7 Å². The largest absolute Gasteiger partial charge is 0.279 e. The Hall–Kier alpha value is -0.510. The van der Waals surface area contributed by atoms with Gasteiger partial charge in [0.15, 0.2) is 5.83 Å². The van der Waals surface area contributed by atoms with E-state index < -0.39 is 10.8 Å². The van der Waals surface area contributed by atoms with E-state index in [4.69, 9.17) is 0 Å². The summed E-state index contributed by atoms with van der Waals surface area (Å²) in [6.07, 6.45) is 2.44. The van der Waals surface area contributed by atoms with E-state index >= 15 is 0 Å². The molecule has 10 heavy (non-hydrogen) atoms. The zero-order valence-corrected chi connectivity index (χ0v) is 6.93. The van der Waals surface area contributed by atoms with Crippen LogP contribution in [0.4, 0.5) is 4.39 Å². The summed E-state index contributed by atoms with van der Waals surface area (Å²) in [5.74, 6) is -0.467. The van der Waals surface area contributed by atoms with Crippen molar-refractivity contribution in [2.75, 3.05) is 0 Å². The maximum atomic E-state index is 12.5. The van der Waals surface area contributed by atoms with Crippen LogP contribution < -0.4 is 0 Å². The Morgan fingerprint density at radius 1 is 1.80 bits per heavy atom. The van der Waals surface area contributed by atoms with Crippen molar-refractivity contribution in [3.63, 3.8) is 0 Å². The third kappa shape index (κ3) is 1.31. The normalized spacial score (nSPS) is 25.9. The number of rotatable bonds is 0. The fourth-order valence-electron chi connectivity index (χ4n) is 0.644. The minimum Gasteiger partial charge on any atom is -0.200 e. The Morgan fingerprint density at radius 3 is 2.90 bits per heavy atom. The summed E-state index contributed by atoms with van der Waals surface area (Å²) < 4.78 is 13.0. The van der Waals surface area contributed by atoms with Crippen LogP contribution in [-0.2, 0) is 0 Å². The lowest BCUT2D eigenvalue weighted by Crippen LogP contribution is -2.14. The Morgan fingerprint density at radius 2 is 2.40 bits per heavy atom. The lowest BCUT2D eigenvalue weighted by atomic mass is 10.2. The first-order valence-corrected chi connectivity index (χ1v) is 3.68. The van der Waals surface area contributed by atoms with Gasteiger partial charge in [-0.05, 0) is 12.5 Å². The lowest BCUT2D eigenvalue weighted by molar-refractivity contribution is -0.483. The molecule has 0 radical (unpaired) electrons. The van der Waals surface area contributed by atoms with E-state index in [0.29, 0.717) is 10.3 Å². The van der Waals surface area contributed by atoms with Crippen LogP contribution in [0.2, 0.25) is 0 Å². The van der Waals surface area contributed by atoms with Gasteiger partial charge in [-0.2, -0.15) is 4.39 Å². The number of alkyl halides is 1. The van der Waals surface area contributed by atoms with Crippen LogP contribution in [0.5, 0.6) is 0 Å². The molecular weight excluding hydrogens is 201 g/mol. The molecule has 0 spiro atoms. The topological polar surface area (TPSA) is 20.1 Å². The third-order valence-corrected chi connectivity index (χ3v) is 1.92. The van der Waals surface area contributed by atoms with Gasteiger partial charge >= 0.3 is 0 Å². The molecule has 54 valence electrons. The summed E-state index contributed by atoms with van der Waals surface area (Å²) in [6.45, 7) is 1.62. The van der Waals surface area contributed by atoms with Gasteiger partial charge in [0.2, 0.25) is 0 Å². The molecule has 0 amide bonds. The first kappa shape index (κ1) is 7.60. The number of hydrogen-bond donors (Lipinski definition) is 0. The monoisotopic (exact) mass is 206 g/mol. The molecule has 2 nitrogen and oxygen atoms in total. The fraction of sp³-hybridized carbons (Fsp3) is 0.333. The number of nitroso groups, excluding NO2 is 1. The van der Waals surface area contributed by atoms with Gasteiger partial charge in [0.05, 0.1) is 4.76 Å². The molecule has 1 atom stereocenters. The standard InChI is InChI=1S/C6H6BrFNO/c1-4-2-6(7)9(10)3-5(4)8/h2-3,6H,1H3/q+1. The smallest absolute Gasteiger partial charge is 0.200 e. The molecule has 0 aromatic heterocycles. The maximum absolute atomic E-state index is 12.5. The molecule has 4 heteroatoms. The summed E-state index contributed by atoms with van der Waals surface area (Å²) in [4.78, 5) is 10.2. The summed E-state index contributed by atoms with van der Waals surface area (Å²) in [6, 6.07) is 0. The van der Waals surface area contributed by atoms with Crippen LogP contribution in [0.25, 0.3) is 0 Å². The molecule has 1 unspecified atom stereocenters. The molecule has 1 aliphatic rings.